The molecule has 5 rings (SSSR count). The fraction of sp³-hybridized carbons (Fsp3) is 0.350. The van der Waals surface area contributed by atoms with Crippen molar-refractivity contribution in [2.24, 2.45) is 7.05 Å². The zero-order valence-corrected chi connectivity index (χ0v) is 19.6. The van der Waals surface area contributed by atoms with Crippen molar-refractivity contribution in [3.63, 3.8) is 0 Å². The Kier molecular flexibility index (Phi) is 5.15. The lowest BCUT2D eigenvalue weighted by atomic mass is 9.89. The van der Waals surface area contributed by atoms with Crippen LogP contribution in [0.15, 0.2) is 36.2 Å². The molecule has 1 aliphatic heterocycles. The average molecular weight is 484 g/mol. The van der Waals surface area contributed by atoms with Crippen LogP contribution < -0.4 is 5.32 Å². The molecule has 0 radical (unpaired) electrons. The summed E-state index contributed by atoms with van der Waals surface area (Å²) in [5, 5.41) is 23.2. The minimum absolute atomic E-state index is 0.0317. The van der Waals surface area contributed by atoms with E-state index in [1.54, 1.807) is 28.7 Å². The van der Waals surface area contributed by atoms with Crippen molar-refractivity contribution in [3.8, 4) is 17.3 Å². The highest BCUT2D eigenvalue weighted by atomic mass is 32.2. The first kappa shape index (κ1) is 21.5. The van der Waals surface area contributed by atoms with Gasteiger partial charge < -0.3 is 5.32 Å². The lowest BCUT2D eigenvalue weighted by molar-refractivity contribution is 0.0719. The molecule has 1 N–H and O–H groups in total. The molecule has 4 aromatic rings. The molecule has 5 heterocycles. The summed E-state index contributed by atoms with van der Waals surface area (Å²) in [5.41, 5.74) is 2.38. The number of nitrogens with one attached hydrogen (secondary N) is 1. The standard InChI is InChI=1S/C20H21N9O2S2/c1-3-33(30,31)28-12-20(13-28,5-6-21)29-10-14(8-23-29)17-18-16(4-7-32-18)25-19(26-17)24-15-9-22-27(2)11-15/h4,7-11H,3,5,12-13H2,1-2H3,(H,24,25,26). The lowest BCUT2D eigenvalue weighted by Gasteiger charge is -2.47. The Balaban J connectivity index is 1.50. The van der Waals surface area contributed by atoms with Crippen LogP contribution in [0.1, 0.15) is 13.3 Å². The van der Waals surface area contributed by atoms with Gasteiger partial charge in [-0.15, -0.1) is 11.3 Å². The average Bonchev–Trinajstić information content (AvgIpc) is 3.51. The van der Waals surface area contributed by atoms with Crippen molar-refractivity contribution in [3.05, 3.63) is 36.2 Å². The summed E-state index contributed by atoms with van der Waals surface area (Å²) < 4.78 is 30.2. The van der Waals surface area contributed by atoms with Gasteiger partial charge in [-0.05, 0) is 18.4 Å². The summed E-state index contributed by atoms with van der Waals surface area (Å²) in [6, 6.07) is 4.12. The molecule has 170 valence electrons. The quantitative estimate of drug-likeness (QED) is 0.423. The predicted octanol–water partition coefficient (Wildman–Crippen LogP) is 2.31. The van der Waals surface area contributed by atoms with Gasteiger partial charge in [0.1, 0.15) is 5.54 Å². The van der Waals surface area contributed by atoms with Gasteiger partial charge >= 0.3 is 0 Å². The monoisotopic (exact) mass is 483 g/mol. The number of anilines is 2. The number of hydrogen-bond donors (Lipinski definition) is 1. The fourth-order valence-corrected chi connectivity index (χ4v) is 5.99. The summed E-state index contributed by atoms with van der Waals surface area (Å²) in [4.78, 5) is 9.32. The Labute approximate surface area is 194 Å². The third kappa shape index (κ3) is 3.75. The largest absolute Gasteiger partial charge is 0.321 e. The van der Waals surface area contributed by atoms with Gasteiger partial charge in [-0.2, -0.15) is 19.8 Å². The maximum absolute atomic E-state index is 12.2. The van der Waals surface area contributed by atoms with E-state index < -0.39 is 15.6 Å². The molecule has 1 aliphatic rings. The zero-order chi connectivity index (χ0) is 23.2. The third-order valence-electron chi connectivity index (χ3n) is 5.71. The summed E-state index contributed by atoms with van der Waals surface area (Å²) >= 11 is 1.54. The van der Waals surface area contributed by atoms with Crippen molar-refractivity contribution < 1.29 is 8.42 Å². The van der Waals surface area contributed by atoms with E-state index >= 15 is 0 Å². The molecule has 13 heteroatoms. The minimum Gasteiger partial charge on any atom is -0.321 e. The maximum atomic E-state index is 12.2. The van der Waals surface area contributed by atoms with Gasteiger partial charge in [0.15, 0.2) is 0 Å². The molecule has 0 amide bonds. The fourth-order valence-electron chi connectivity index (χ4n) is 3.91. The van der Waals surface area contributed by atoms with Gasteiger partial charge in [-0.25, -0.2) is 18.4 Å². The van der Waals surface area contributed by atoms with E-state index in [9.17, 15) is 13.7 Å². The van der Waals surface area contributed by atoms with Crippen LogP contribution in [0.25, 0.3) is 21.5 Å². The van der Waals surface area contributed by atoms with Crippen LogP contribution in [0, 0.1) is 11.3 Å². The number of thiophene rings is 1. The van der Waals surface area contributed by atoms with Crippen LogP contribution in [0.3, 0.4) is 0 Å². The minimum atomic E-state index is -3.31. The normalized spacial score (nSPS) is 15.9. The Morgan fingerprint density at radius 1 is 1.24 bits per heavy atom. The highest BCUT2D eigenvalue weighted by molar-refractivity contribution is 7.89. The maximum Gasteiger partial charge on any atom is 0.228 e. The molecule has 1 saturated heterocycles. The summed E-state index contributed by atoms with van der Waals surface area (Å²) in [7, 11) is -1.48. The molecule has 33 heavy (non-hydrogen) atoms. The van der Waals surface area contributed by atoms with E-state index in [1.165, 1.54) is 15.6 Å². The van der Waals surface area contributed by atoms with Crippen LogP contribution in [0.2, 0.25) is 0 Å². The number of aromatic nitrogens is 6. The molecular weight excluding hydrogens is 462 g/mol. The van der Waals surface area contributed by atoms with Gasteiger partial charge in [0.25, 0.3) is 0 Å². The number of sulfonamides is 1. The van der Waals surface area contributed by atoms with Crippen LogP contribution >= 0.6 is 11.3 Å². The van der Waals surface area contributed by atoms with Gasteiger partial charge in [0.05, 0.1) is 52.2 Å². The molecule has 0 aromatic carbocycles. The van der Waals surface area contributed by atoms with Crippen molar-refractivity contribution in [1.29, 1.82) is 5.26 Å². The topological polar surface area (TPSA) is 135 Å². The molecule has 0 saturated carbocycles. The smallest absolute Gasteiger partial charge is 0.228 e. The van der Waals surface area contributed by atoms with Crippen LogP contribution in [-0.2, 0) is 22.6 Å². The molecule has 0 spiro atoms. The van der Waals surface area contributed by atoms with E-state index in [-0.39, 0.29) is 25.3 Å². The van der Waals surface area contributed by atoms with E-state index in [4.69, 9.17) is 4.98 Å². The first-order chi connectivity index (χ1) is 15.8. The van der Waals surface area contributed by atoms with Crippen molar-refractivity contribution in [2.75, 3.05) is 24.2 Å². The molecule has 11 nitrogen and oxygen atoms in total. The SMILES string of the molecule is CCS(=O)(=O)N1CC(CC#N)(n2cc(-c3nc(Nc4cnn(C)c4)nc4ccsc34)cn2)C1. The number of nitriles is 1. The van der Waals surface area contributed by atoms with E-state index in [2.05, 4.69) is 26.6 Å². The Hall–Kier alpha value is -3.34. The molecule has 0 atom stereocenters. The lowest BCUT2D eigenvalue weighted by Crippen LogP contribution is -2.64. The van der Waals surface area contributed by atoms with E-state index in [0.717, 1.165) is 27.2 Å². The Morgan fingerprint density at radius 2 is 2.06 bits per heavy atom. The molecule has 4 aromatic heterocycles. The Bertz CT molecular complexity index is 1470. The predicted molar refractivity (Wildman–Crippen MR) is 124 cm³/mol. The van der Waals surface area contributed by atoms with Gasteiger partial charge in [-0.1, -0.05) is 0 Å². The van der Waals surface area contributed by atoms with Crippen molar-refractivity contribution in [1.82, 2.24) is 33.8 Å². The van der Waals surface area contributed by atoms with Crippen LogP contribution in [0.5, 0.6) is 0 Å². The third-order valence-corrected chi connectivity index (χ3v) is 8.40. The number of hydrogen-bond acceptors (Lipinski definition) is 9. The molecule has 0 bridgehead atoms. The second-order valence-electron chi connectivity index (χ2n) is 7.96. The summed E-state index contributed by atoms with van der Waals surface area (Å²) in [6.07, 6.45) is 7.22. The molecule has 0 aliphatic carbocycles. The van der Waals surface area contributed by atoms with E-state index in [1.807, 2.05) is 30.9 Å². The second kappa shape index (κ2) is 7.91. The summed E-state index contributed by atoms with van der Waals surface area (Å²) in [6.45, 7) is 2.07. The summed E-state index contributed by atoms with van der Waals surface area (Å²) in [5.74, 6) is 0.469. The second-order valence-corrected chi connectivity index (χ2v) is 11.1. The zero-order valence-electron chi connectivity index (χ0n) is 18.0. The van der Waals surface area contributed by atoms with Gasteiger partial charge in [0, 0.05) is 38.1 Å². The van der Waals surface area contributed by atoms with E-state index in [0.29, 0.717) is 5.95 Å². The highest BCUT2D eigenvalue weighted by Gasteiger charge is 2.49. The van der Waals surface area contributed by atoms with Crippen LogP contribution in [-0.4, -0.2) is 61.1 Å². The van der Waals surface area contributed by atoms with Gasteiger partial charge in [0.2, 0.25) is 16.0 Å². The molecule has 1 fully saturated rings. The first-order valence-corrected chi connectivity index (χ1v) is 12.7. The first-order valence-electron chi connectivity index (χ1n) is 10.2. The molecular formula is C20H21N9O2S2. The number of fused-ring (bicyclic) bond motifs is 1. The Morgan fingerprint density at radius 3 is 2.76 bits per heavy atom. The number of aryl methyl sites for hydroxylation is 1. The van der Waals surface area contributed by atoms with Gasteiger partial charge in [-0.3, -0.25) is 9.36 Å². The van der Waals surface area contributed by atoms with Crippen molar-refractivity contribution in [2.45, 2.75) is 18.9 Å². The molecule has 0 unspecified atom stereocenters. The number of rotatable bonds is 7. The number of nitrogens with zero attached hydrogens (tertiary/aromatic N) is 8. The highest BCUT2D eigenvalue weighted by Crippen LogP contribution is 2.37. The van der Waals surface area contributed by atoms with Crippen molar-refractivity contribution >= 4 is 43.2 Å². The van der Waals surface area contributed by atoms with Crippen LogP contribution in [0.4, 0.5) is 11.6 Å².